The van der Waals surface area contributed by atoms with E-state index in [1.807, 2.05) is 0 Å². The average molecular weight is 457 g/mol. The lowest BCUT2D eigenvalue weighted by Gasteiger charge is -2.17. The van der Waals surface area contributed by atoms with Crippen LogP contribution in [0.25, 0.3) is 11.2 Å². The van der Waals surface area contributed by atoms with Crippen LogP contribution < -0.4 is 5.73 Å². The summed E-state index contributed by atoms with van der Waals surface area (Å²) < 4.78 is 26.3. The highest BCUT2D eigenvalue weighted by molar-refractivity contribution is 7.98. The number of anilines is 1. The quantitative estimate of drug-likeness (QED) is 0.169. The molecule has 156 valence electrons. The Morgan fingerprint density at radius 2 is 2.11 bits per heavy atom. The Morgan fingerprint density at radius 3 is 2.75 bits per heavy atom. The molecule has 0 bridgehead atoms. The van der Waals surface area contributed by atoms with E-state index in [4.69, 9.17) is 24.8 Å². The fourth-order valence-electron chi connectivity index (χ4n) is 2.54. The van der Waals surface area contributed by atoms with E-state index in [1.54, 1.807) is 6.26 Å². The van der Waals surface area contributed by atoms with Crippen molar-refractivity contribution in [3.05, 3.63) is 6.33 Å². The minimum atomic E-state index is -4.94. The van der Waals surface area contributed by atoms with Gasteiger partial charge in [-0.3, -0.25) is 4.57 Å². The average Bonchev–Trinajstić information content (AvgIpc) is 3.14. The van der Waals surface area contributed by atoms with Gasteiger partial charge in [-0.15, -0.1) is 0 Å². The van der Waals surface area contributed by atoms with Gasteiger partial charge in [0, 0.05) is 0 Å². The maximum Gasteiger partial charge on any atom is 0.476 e. The van der Waals surface area contributed by atoms with E-state index in [1.165, 1.54) is 22.7 Å². The van der Waals surface area contributed by atoms with Gasteiger partial charge in [-0.1, -0.05) is 11.8 Å². The monoisotopic (exact) mass is 457 g/mol. The van der Waals surface area contributed by atoms with Crippen LogP contribution in [0.2, 0.25) is 0 Å². The molecule has 0 saturated carbocycles. The number of nitrogen functional groups attached to an aromatic ring is 1. The van der Waals surface area contributed by atoms with Crippen molar-refractivity contribution in [3.8, 4) is 0 Å². The molecular weight excluding hydrogens is 440 g/mol. The molecule has 0 spiro atoms. The fourth-order valence-corrected chi connectivity index (χ4v) is 4.10. The van der Waals surface area contributed by atoms with Gasteiger partial charge in [0.25, 0.3) is 0 Å². The minimum absolute atomic E-state index is 0.140. The topological polar surface area (TPSA) is 216 Å². The Bertz CT molecular complexity index is 897. The highest BCUT2D eigenvalue weighted by Gasteiger charge is 2.45. The molecule has 0 aliphatic carbocycles. The smallest absolute Gasteiger partial charge is 0.387 e. The zero-order chi connectivity index (χ0) is 20.6. The third kappa shape index (κ3) is 4.61. The molecular formula is C11H17N5O9P2S. The molecule has 2 aromatic rings. The summed E-state index contributed by atoms with van der Waals surface area (Å²) in [5.41, 5.74) is 6.42. The molecule has 3 heterocycles. The van der Waals surface area contributed by atoms with Crippen molar-refractivity contribution < 1.29 is 43.0 Å². The van der Waals surface area contributed by atoms with Crippen molar-refractivity contribution in [2.24, 2.45) is 0 Å². The number of rotatable bonds is 7. The number of phosphoric acid groups is 1. The van der Waals surface area contributed by atoms with Crippen LogP contribution in [0, 0.1) is 0 Å². The van der Waals surface area contributed by atoms with Crippen molar-refractivity contribution in [2.45, 2.75) is 29.7 Å². The number of ether oxygens (including phenoxy) is 1. The Kier molecular flexibility index (Phi) is 6.54. The number of nitrogens with two attached hydrogens (primary N) is 1. The molecule has 1 saturated heterocycles. The van der Waals surface area contributed by atoms with Gasteiger partial charge >= 0.3 is 16.4 Å². The number of aliphatic hydroxyl groups excluding tert-OH is 2. The summed E-state index contributed by atoms with van der Waals surface area (Å²) in [6.07, 6.45) is -2.00. The Hall–Kier alpha value is -0.960. The summed E-state index contributed by atoms with van der Waals surface area (Å²) >= 11 is 1.25. The molecule has 0 unspecified atom stereocenters. The molecule has 14 nitrogen and oxygen atoms in total. The van der Waals surface area contributed by atoms with Crippen molar-refractivity contribution in [1.82, 2.24) is 19.5 Å². The molecule has 1 fully saturated rings. The van der Waals surface area contributed by atoms with Crippen LogP contribution in [0.15, 0.2) is 11.5 Å². The first-order valence-corrected chi connectivity index (χ1v) is 11.4. The van der Waals surface area contributed by atoms with Crippen molar-refractivity contribution in [2.75, 3.05) is 18.6 Å². The number of thioether (sulfide) groups is 1. The van der Waals surface area contributed by atoms with Gasteiger partial charge in [-0.05, 0) is 6.26 Å². The number of imidazole rings is 1. The molecule has 0 radical (unpaired) electrons. The Labute approximate surface area is 162 Å². The van der Waals surface area contributed by atoms with E-state index in [9.17, 15) is 19.7 Å². The van der Waals surface area contributed by atoms with E-state index < -0.39 is 47.6 Å². The molecule has 7 N–H and O–H groups in total. The second kappa shape index (κ2) is 8.42. The Balaban J connectivity index is 1.76. The van der Waals surface area contributed by atoms with Crippen LogP contribution in [-0.4, -0.2) is 75.6 Å². The molecule has 17 heteroatoms. The second-order valence-electron chi connectivity index (χ2n) is 5.57. The standard InChI is InChI=1S/C11H17N5O9P2S/c1-28-11-14-8(12)5-9(15-11)16(3-13-5)10-7(18)6(17)4(24-10)2-23-26(19)25-27(20,21)22/h3-4,6-7,10,17-19H,2H2,1H3,(H2,12,14,15)(H2,20,21,22)/t4-,6-,7-,10-,26-/m1/s1. The van der Waals surface area contributed by atoms with Crippen molar-refractivity contribution in [1.29, 1.82) is 0 Å². The molecule has 0 aromatic carbocycles. The predicted molar refractivity (Wildman–Crippen MR) is 95.7 cm³/mol. The third-order valence-electron chi connectivity index (χ3n) is 3.75. The molecule has 3 rings (SSSR count). The molecule has 1 aliphatic rings. The molecule has 28 heavy (non-hydrogen) atoms. The van der Waals surface area contributed by atoms with Gasteiger partial charge < -0.3 is 39.9 Å². The summed E-state index contributed by atoms with van der Waals surface area (Å²) in [5, 5.41) is 20.9. The Morgan fingerprint density at radius 1 is 1.39 bits per heavy atom. The summed E-state index contributed by atoms with van der Waals surface area (Å²) in [5.74, 6) is 0.140. The van der Waals surface area contributed by atoms with Crippen molar-refractivity contribution >= 4 is 45.2 Å². The first kappa shape index (κ1) is 21.7. The van der Waals surface area contributed by atoms with Gasteiger partial charge in [0.1, 0.15) is 23.8 Å². The van der Waals surface area contributed by atoms with Crippen LogP contribution in [0.5, 0.6) is 0 Å². The lowest BCUT2D eigenvalue weighted by molar-refractivity contribution is -0.0485. The number of fused-ring (bicyclic) bond motifs is 1. The van der Waals surface area contributed by atoms with Crippen LogP contribution in [0.4, 0.5) is 5.82 Å². The second-order valence-corrected chi connectivity index (χ2v) is 8.71. The van der Waals surface area contributed by atoms with Gasteiger partial charge in [-0.25, -0.2) is 23.8 Å². The van der Waals surface area contributed by atoms with Crippen LogP contribution >= 0.6 is 28.2 Å². The lowest BCUT2D eigenvalue weighted by Crippen LogP contribution is -2.33. The number of aromatic nitrogens is 4. The summed E-state index contributed by atoms with van der Waals surface area (Å²) in [4.78, 5) is 39.0. The molecule has 1 aliphatic heterocycles. The molecule has 2 aromatic heterocycles. The maximum atomic E-state index is 10.7. The molecule has 5 atom stereocenters. The number of hydrogen-bond acceptors (Lipinski definition) is 12. The van der Waals surface area contributed by atoms with Gasteiger partial charge in [0.15, 0.2) is 22.8 Å². The number of aliphatic hydroxyl groups is 2. The number of nitrogens with zero attached hydrogens (tertiary/aromatic N) is 4. The van der Waals surface area contributed by atoms with Crippen LogP contribution in [0.3, 0.4) is 0 Å². The van der Waals surface area contributed by atoms with Gasteiger partial charge in [0.05, 0.1) is 12.9 Å². The van der Waals surface area contributed by atoms with Gasteiger partial charge in [-0.2, -0.15) is 0 Å². The normalized spacial score (nSPS) is 26.8. The van der Waals surface area contributed by atoms with E-state index in [0.717, 1.165) is 0 Å². The van der Waals surface area contributed by atoms with E-state index >= 15 is 0 Å². The largest absolute Gasteiger partial charge is 0.476 e. The van der Waals surface area contributed by atoms with E-state index in [2.05, 4.69) is 19.3 Å². The van der Waals surface area contributed by atoms with Crippen LogP contribution in [-0.2, 0) is 18.1 Å². The lowest BCUT2D eigenvalue weighted by atomic mass is 10.1. The fraction of sp³-hybridized carbons (Fsp3) is 0.545. The van der Waals surface area contributed by atoms with Crippen LogP contribution in [0.1, 0.15) is 6.23 Å². The first-order chi connectivity index (χ1) is 13.1. The predicted octanol–water partition coefficient (Wildman–Crippen LogP) is -0.905. The maximum absolute atomic E-state index is 10.7. The summed E-state index contributed by atoms with van der Waals surface area (Å²) in [6, 6.07) is 0. The van der Waals surface area contributed by atoms with E-state index in [-0.39, 0.29) is 17.0 Å². The zero-order valence-electron chi connectivity index (χ0n) is 14.1. The third-order valence-corrected chi connectivity index (χ3v) is 6.07. The minimum Gasteiger partial charge on any atom is -0.387 e. The zero-order valence-corrected chi connectivity index (χ0v) is 16.7. The van der Waals surface area contributed by atoms with Gasteiger partial charge in [0.2, 0.25) is 0 Å². The molecule has 0 amide bonds. The summed E-state index contributed by atoms with van der Waals surface area (Å²) in [7, 11) is -7.85. The van der Waals surface area contributed by atoms with E-state index in [0.29, 0.717) is 5.16 Å². The highest BCUT2D eigenvalue weighted by atomic mass is 32.2. The van der Waals surface area contributed by atoms with Crippen molar-refractivity contribution in [3.63, 3.8) is 0 Å². The summed E-state index contributed by atoms with van der Waals surface area (Å²) in [6.45, 7) is -0.503. The first-order valence-electron chi connectivity index (χ1n) is 7.53. The number of hydrogen-bond donors (Lipinski definition) is 6. The highest BCUT2D eigenvalue weighted by Crippen LogP contribution is 2.52. The SMILES string of the molecule is CSc1nc(N)c2ncn([C@@H]3O[C@H](CO[P@@](O)OP(=O)(O)O)[C@@H](O)[C@H]3O)c2n1.